The summed E-state index contributed by atoms with van der Waals surface area (Å²) in [6.45, 7) is 4.05. The Labute approximate surface area is 80.9 Å². The minimum absolute atomic E-state index is 0.226. The average molecular weight is 203 g/mol. The van der Waals surface area contributed by atoms with E-state index >= 15 is 0 Å². The van der Waals surface area contributed by atoms with Gasteiger partial charge in [0.1, 0.15) is 5.82 Å². The second kappa shape index (κ2) is 4.79. The molecule has 1 heterocycles. The first kappa shape index (κ1) is 9.95. The van der Waals surface area contributed by atoms with Gasteiger partial charge < -0.3 is 5.73 Å². The Morgan fingerprint density at radius 2 is 2.42 bits per heavy atom. The Hall–Kier alpha value is -0.130. The monoisotopic (exact) mass is 203 g/mol. The van der Waals surface area contributed by atoms with E-state index in [2.05, 4.69) is 16.3 Å². The molecule has 0 aliphatic heterocycles. The zero-order valence-corrected chi connectivity index (χ0v) is 8.91. The number of thioether (sulfide) groups is 1. The number of rotatable bonds is 4. The van der Waals surface area contributed by atoms with Crippen molar-refractivity contribution in [3.05, 3.63) is 5.82 Å². The van der Waals surface area contributed by atoms with Crippen LogP contribution in [0.15, 0.2) is 4.34 Å². The van der Waals surface area contributed by atoms with Crippen molar-refractivity contribution in [1.82, 2.24) is 9.36 Å². The maximum Gasteiger partial charge on any atom is 0.170 e. The number of nitrogens with two attached hydrogens (primary N) is 1. The topological polar surface area (TPSA) is 51.8 Å². The molecule has 1 aromatic rings. The highest BCUT2D eigenvalue weighted by Gasteiger charge is 2.03. The molecular weight excluding hydrogens is 190 g/mol. The summed E-state index contributed by atoms with van der Waals surface area (Å²) in [5.74, 6) is 1.85. The SMILES string of the molecule is CCc1nsc(SCC(C)N)n1. The Kier molecular flexibility index (Phi) is 3.97. The molecule has 0 aliphatic rings. The van der Waals surface area contributed by atoms with E-state index in [0.29, 0.717) is 0 Å². The van der Waals surface area contributed by atoms with Gasteiger partial charge in [0.2, 0.25) is 0 Å². The molecule has 0 radical (unpaired) electrons. The zero-order chi connectivity index (χ0) is 8.97. The van der Waals surface area contributed by atoms with Crippen molar-refractivity contribution in [2.45, 2.75) is 30.6 Å². The fourth-order valence-electron chi connectivity index (χ4n) is 0.643. The molecule has 68 valence electrons. The lowest BCUT2D eigenvalue weighted by Crippen LogP contribution is -2.17. The van der Waals surface area contributed by atoms with Gasteiger partial charge in [-0.1, -0.05) is 18.7 Å². The van der Waals surface area contributed by atoms with E-state index in [1.165, 1.54) is 11.5 Å². The Bertz CT molecular complexity index is 234. The average Bonchev–Trinajstić information content (AvgIpc) is 2.48. The summed E-state index contributed by atoms with van der Waals surface area (Å²) < 4.78 is 5.21. The highest BCUT2D eigenvalue weighted by Crippen LogP contribution is 2.20. The van der Waals surface area contributed by atoms with Crippen molar-refractivity contribution in [3.63, 3.8) is 0 Å². The molecule has 12 heavy (non-hydrogen) atoms. The lowest BCUT2D eigenvalue weighted by molar-refractivity contribution is 0.846. The molecule has 0 fully saturated rings. The van der Waals surface area contributed by atoms with Crippen LogP contribution in [0, 0.1) is 0 Å². The van der Waals surface area contributed by atoms with E-state index in [9.17, 15) is 0 Å². The highest BCUT2D eigenvalue weighted by molar-refractivity contribution is 8.00. The third kappa shape index (κ3) is 3.08. The van der Waals surface area contributed by atoms with Crippen LogP contribution < -0.4 is 5.73 Å². The predicted octanol–water partition coefficient (Wildman–Crippen LogP) is 1.54. The molecule has 0 saturated carbocycles. The third-order valence-corrected chi connectivity index (χ3v) is 3.39. The van der Waals surface area contributed by atoms with Gasteiger partial charge in [0, 0.05) is 18.2 Å². The third-order valence-electron chi connectivity index (χ3n) is 1.24. The van der Waals surface area contributed by atoms with E-state index in [0.717, 1.165) is 22.3 Å². The maximum absolute atomic E-state index is 5.62. The zero-order valence-electron chi connectivity index (χ0n) is 7.28. The van der Waals surface area contributed by atoms with Crippen LogP contribution in [0.2, 0.25) is 0 Å². The van der Waals surface area contributed by atoms with Gasteiger partial charge >= 0.3 is 0 Å². The van der Waals surface area contributed by atoms with E-state index in [1.54, 1.807) is 11.8 Å². The summed E-state index contributed by atoms with van der Waals surface area (Å²) in [5.41, 5.74) is 5.62. The Morgan fingerprint density at radius 1 is 1.67 bits per heavy atom. The van der Waals surface area contributed by atoms with Crippen molar-refractivity contribution in [1.29, 1.82) is 0 Å². The van der Waals surface area contributed by atoms with Crippen LogP contribution in [-0.4, -0.2) is 21.2 Å². The van der Waals surface area contributed by atoms with Gasteiger partial charge in [0.15, 0.2) is 4.34 Å². The van der Waals surface area contributed by atoms with E-state index in [4.69, 9.17) is 5.73 Å². The lowest BCUT2D eigenvalue weighted by Gasteiger charge is -1.99. The fraction of sp³-hybridized carbons (Fsp3) is 0.714. The molecule has 0 amide bonds. The molecule has 0 aromatic carbocycles. The first-order valence-corrected chi connectivity index (χ1v) is 5.69. The van der Waals surface area contributed by atoms with Crippen LogP contribution in [0.5, 0.6) is 0 Å². The van der Waals surface area contributed by atoms with Crippen LogP contribution >= 0.6 is 23.3 Å². The van der Waals surface area contributed by atoms with Crippen molar-refractivity contribution in [3.8, 4) is 0 Å². The molecule has 5 heteroatoms. The quantitative estimate of drug-likeness (QED) is 0.754. The summed E-state index contributed by atoms with van der Waals surface area (Å²) in [4.78, 5) is 4.32. The summed E-state index contributed by atoms with van der Waals surface area (Å²) in [5, 5.41) is 0. The second-order valence-electron chi connectivity index (χ2n) is 2.62. The lowest BCUT2D eigenvalue weighted by atomic mass is 10.4. The van der Waals surface area contributed by atoms with Crippen LogP contribution in [-0.2, 0) is 6.42 Å². The van der Waals surface area contributed by atoms with Crippen LogP contribution in [0.4, 0.5) is 0 Å². The van der Waals surface area contributed by atoms with Gasteiger partial charge in [-0.05, 0) is 18.5 Å². The molecule has 1 atom stereocenters. The van der Waals surface area contributed by atoms with E-state index < -0.39 is 0 Å². The van der Waals surface area contributed by atoms with Crippen molar-refractivity contribution < 1.29 is 0 Å². The highest BCUT2D eigenvalue weighted by atomic mass is 32.2. The van der Waals surface area contributed by atoms with Crippen LogP contribution in [0.1, 0.15) is 19.7 Å². The first-order chi connectivity index (χ1) is 5.72. The summed E-state index contributed by atoms with van der Waals surface area (Å²) in [6.07, 6.45) is 0.912. The Morgan fingerprint density at radius 3 is 2.92 bits per heavy atom. The first-order valence-electron chi connectivity index (χ1n) is 3.93. The fourth-order valence-corrected chi connectivity index (χ4v) is 2.24. The second-order valence-corrected chi connectivity index (χ2v) is 4.64. The number of hydrogen-bond donors (Lipinski definition) is 1. The van der Waals surface area contributed by atoms with E-state index in [-0.39, 0.29) is 6.04 Å². The van der Waals surface area contributed by atoms with E-state index in [1.807, 2.05) is 6.92 Å². The van der Waals surface area contributed by atoms with Gasteiger partial charge in [-0.2, -0.15) is 4.37 Å². The van der Waals surface area contributed by atoms with Gasteiger partial charge in [-0.15, -0.1) is 0 Å². The number of aryl methyl sites for hydroxylation is 1. The van der Waals surface area contributed by atoms with Crippen molar-refractivity contribution in [2.24, 2.45) is 5.73 Å². The molecule has 0 saturated heterocycles. The summed E-state index contributed by atoms with van der Waals surface area (Å²) >= 11 is 3.15. The molecule has 1 unspecified atom stereocenters. The molecular formula is C7H13N3S2. The molecule has 3 nitrogen and oxygen atoms in total. The molecule has 2 N–H and O–H groups in total. The minimum Gasteiger partial charge on any atom is -0.327 e. The van der Waals surface area contributed by atoms with Gasteiger partial charge in [-0.25, -0.2) is 4.98 Å². The maximum atomic E-state index is 5.62. The van der Waals surface area contributed by atoms with Gasteiger partial charge in [0.25, 0.3) is 0 Å². The minimum atomic E-state index is 0.226. The summed E-state index contributed by atoms with van der Waals surface area (Å²) in [6, 6.07) is 0.226. The molecule has 0 aliphatic carbocycles. The van der Waals surface area contributed by atoms with Crippen molar-refractivity contribution in [2.75, 3.05) is 5.75 Å². The normalized spacial score (nSPS) is 13.2. The predicted molar refractivity (Wildman–Crippen MR) is 53.7 cm³/mol. The number of aromatic nitrogens is 2. The Balaban J connectivity index is 2.41. The van der Waals surface area contributed by atoms with Gasteiger partial charge in [-0.3, -0.25) is 0 Å². The molecule has 1 aromatic heterocycles. The standard InChI is InChI=1S/C7H13N3S2/c1-3-6-9-7(12-10-6)11-4-5(2)8/h5H,3-4,8H2,1-2H3. The van der Waals surface area contributed by atoms with Crippen LogP contribution in [0.25, 0.3) is 0 Å². The number of hydrogen-bond acceptors (Lipinski definition) is 5. The molecule has 0 spiro atoms. The smallest absolute Gasteiger partial charge is 0.170 e. The summed E-state index contributed by atoms with van der Waals surface area (Å²) in [7, 11) is 0. The van der Waals surface area contributed by atoms with Gasteiger partial charge in [0.05, 0.1) is 0 Å². The van der Waals surface area contributed by atoms with Crippen LogP contribution in [0.3, 0.4) is 0 Å². The van der Waals surface area contributed by atoms with Crippen molar-refractivity contribution >= 4 is 23.3 Å². The molecule has 1 rings (SSSR count). The largest absolute Gasteiger partial charge is 0.327 e. The number of nitrogens with zero attached hydrogens (tertiary/aromatic N) is 2. The molecule has 0 bridgehead atoms.